The third kappa shape index (κ3) is 4.61. The minimum absolute atomic E-state index is 0.0404. The Hall–Kier alpha value is -2.86. The fourth-order valence-corrected chi connectivity index (χ4v) is 6.45. The maximum Gasteiger partial charge on any atom is 0.471 e. The van der Waals surface area contributed by atoms with E-state index < -0.39 is 42.0 Å². The lowest BCUT2D eigenvalue weighted by molar-refractivity contribution is -0.187. The number of β-lactam (4-membered cyclic amide) rings is 1. The zero-order valence-corrected chi connectivity index (χ0v) is 22.1. The lowest BCUT2D eigenvalue weighted by Crippen LogP contribution is -2.69. The highest BCUT2D eigenvalue weighted by molar-refractivity contribution is 6.07. The first-order chi connectivity index (χ1) is 17.5. The van der Waals surface area contributed by atoms with Crippen molar-refractivity contribution in [1.82, 2.24) is 19.6 Å². The van der Waals surface area contributed by atoms with Crippen molar-refractivity contribution < 1.29 is 42.3 Å². The summed E-state index contributed by atoms with van der Waals surface area (Å²) in [6, 6.07) is -2.05. The smallest absolute Gasteiger partial charge is 0.471 e. The Balaban J connectivity index is 1.30. The number of halogens is 3. The number of amides is 5. The number of nitrogens with zero attached hydrogens (tertiary/aromatic N) is 4. The van der Waals surface area contributed by atoms with E-state index in [-0.39, 0.29) is 74.0 Å². The van der Waals surface area contributed by atoms with Crippen molar-refractivity contribution in [3.8, 4) is 0 Å². The molecule has 10 nitrogen and oxygen atoms in total. The molecule has 0 aromatic carbocycles. The van der Waals surface area contributed by atoms with Crippen LogP contribution in [0, 0.1) is 28.6 Å². The molecule has 1 N–H and O–H groups in total. The molecule has 4 rings (SSSR count). The van der Waals surface area contributed by atoms with E-state index in [1.54, 1.807) is 4.90 Å². The normalized spacial score (nSPS) is 27.7. The maximum absolute atomic E-state index is 13.1. The maximum atomic E-state index is 13.1. The van der Waals surface area contributed by atoms with Gasteiger partial charge in [-0.25, -0.2) is 14.5 Å². The van der Waals surface area contributed by atoms with E-state index in [0.29, 0.717) is 13.1 Å². The van der Waals surface area contributed by atoms with E-state index in [0.717, 1.165) is 9.80 Å². The van der Waals surface area contributed by atoms with Crippen LogP contribution in [0.1, 0.15) is 47.0 Å². The Bertz CT molecular complexity index is 1010. The minimum Gasteiger partial charge on any atom is -0.480 e. The van der Waals surface area contributed by atoms with Crippen LogP contribution >= 0.6 is 0 Å². The van der Waals surface area contributed by atoms with Gasteiger partial charge in [0, 0.05) is 45.2 Å². The number of carbonyl (C=O) groups excluding carboxylic acids is 4. The molecule has 0 aromatic heterocycles. The summed E-state index contributed by atoms with van der Waals surface area (Å²) in [5, 5.41) is 9.76. The van der Waals surface area contributed by atoms with E-state index >= 15 is 0 Å². The number of imide groups is 1. The SMILES string of the molecule is CC1(C)C(C(=O)N2CCN(C(=O)N3C(=O)[C@H](CC4CCN(C(=O)C(F)(F)F)CC4)[C@H]3C(=O)O)CC2)C1(C)C. The average molecular weight is 545 g/mol. The number of alkyl halides is 3. The fraction of sp³-hybridized carbons (Fsp3) is 0.800. The van der Waals surface area contributed by atoms with Crippen LogP contribution in [-0.4, -0.2) is 106 Å². The molecule has 3 aliphatic heterocycles. The molecule has 212 valence electrons. The van der Waals surface area contributed by atoms with E-state index in [1.807, 2.05) is 0 Å². The van der Waals surface area contributed by atoms with Crippen molar-refractivity contribution in [2.24, 2.45) is 28.6 Å². The monoisotopic (exact) mass is 544 g/mol. The Morgan fingerprint density at radius 3 is 1.82 bits per heavy atom. The summed E-state index contributed by atoms with van der Waals surface area (Å²) < 4.78 is 38.0. The highest BCUT2D eigenvalue weighted by atomic mass is 19.4. The Morgan fingerprint density at radius 2 is 1.37 bits per heavy atom. The van der Waals surface area contributed by atoms with Gasteiger partial charge in [-0.05, 0) is 36.0 Å². The molecular formula is C25H35F3N4O6. The molecule has 5 amide bonds. The van der Waals surface area contributed by atoms with Crippen LogP contribution in [0.15, 0.2) is 0 Å². The molecule has 2 atom stereocenters. The molecule has 4 fully saturated rings. The zero-order chi connectivity index (χ0) is 28.4. The van der Waals surface area contributed by atoms with E-state index in [4.69, 9.17) is 0 Å². The molecule has 13 heteroatoms. The number of hydrogen-bond donors (Lipinski definition) is 1. The summed E-state index contributed by atoms with van der Waals surface area (Å²) in [5.74, 6) is -5.08. The van der Waals surface area contributed by atoms with Crippen molar-refractivity contribution in [3.63, 3.8) is 0 Å². The number of piperidine rings is 1. The summed E-state index contributed by atoms with van der Waals surface area (Å²) >= 11 is 0. The molecule has 0 aromatic rings. The molecule has 0 radical (unpaired) electrons. The van der Waals surface area contributed by atoms with Crippen molar-refractivity contribution in [3.05, 3.63) is 0 Å². The number of aliphatic carboxylic acids is 1. The molecule has 4 aliphatic rings. The topological polar surface area (TPSA) is 119 Å². The number of carboxylic acid groups (broad SMARTS) is 1. The van der Waals surface area contributed by atoms with Gasteiger partial charge in [0.15, 0.2) is 6.04 Å². The minimum atomic E-state index is -4.95. The Morgan fingerprint density at radius 1 is 0.868 bits per heavy atom. The highest BCUT2D eigenvalue weighted by Gasteiger charge is 2.69. The third-order valence-corrected chi connectivity index (χ3v) is 9.53. The van der Waals surface area contributed by atoms with Gasteiger partial charge in [-0.3, -0.25) is 14.4 Å². The molecule has 1 saturated carbocycles. The van der Waals surface area contributed by atoms with Gasteiger partial charge in [-0.1, -0.05) is 27.7 Å². The number of hydrogen-bond acceptors (Lipinski definition) is 5. The van der Waals surface area contributed by atoms with E-state index in [9.17, 15) is 42.3 Å². The van der Waals surface area contributed by atoms with Gasteiger partial charge in [0.25, 0.3) is 0 Å². The molecule has 3 saturated heterocycles. The second kappa shape index (κ2) is 9.41. The lowest BCUT2D eigenvalue weighted by atomic mass is 9.77. The number of rotatable bonds is 4. The first-order valence-electron chi connectivity index (χ1n) is 13.0. The quantitative estimate of drug-likeness (QED) is 0.542. The molecule has 1 aliphatic carbocycles. The molecule has 0 unspecified atom stereocenters. The van der Waals surface area contributed by atoms with Crippen LogP contribution in [-0.2, 0) is 19.2 Å². The van der Waals surface area contributed by atoms with Crippen molar-refractivity contribution in [1.29, 1.82) is 0 Å². The Kier molecular flexibility index (Phi) is 6.97. The predicted octanol–water partition coefficient (Wildman–Crippen LogP) is 2.04. The third-order valence-electron chi connectivity index (χ3n) is 9.53. The van der Waals surface area contributed by atoms with Gasteiger partial charge >= 0.3 is 24.1 Å². The summed E-state index contributed by atoms with van der Waals surface area (Å²) in [6.07, 6.45) is -4.38. The number of piperazine rings is 1. The van der Waals surface area contributed by atoms with E-state index in [2.05, 4.69) is 27.7 Å². The summed E-state index contributed by atoms with van der Waals surface area (Å²) in [4.78, 5) is 67.0. The van der Waals surface area contributed by atoms with E-state index in [1.165, 1.54) is 4.90 Å². The van der Waals surface area contributed by atoms with Gasteiger partial charge < -0.3 is 19.8 Å². The Labute approximate surface area is 219 Å². The molecule has 3 heterocycles. The standard InChI is InChI=1S/C25H35F3N4O6/c1-23(2)17(24(23,3)4)19(34)29-9-11-31(12-10-29)22(38)32-16(20(35)36)15(18(32)33)13-14-5-7-30(8-6-14)21(37)25(26,27)28/h14-17H,5-13H2,1-4H3,(H,35,36)/t15-,16+/m1/s1. The van der Waals surface area contributed by atoms with Crippen LogP contribution < -0.4 is 0 Å². The first-order valence-corrected chi connectivity index (χ1v) is 13.0. The average Bonchev–Trinajstić information content (AvgIpc) is 3.26. The summed E-state index contributed by atoms with van der Waals surface area (Å²) in [5.41, 5.74) is -0.232. The van der Waals surface area contributed by atoms with Crippen LogP contribution in [0.2, 0.25) is 0 Å². The number of carbonyl (C=O) groups is 5. The second-order valence-electron chi connectivity index (χ2n) is 12.0. The van der Waals surface area contributed by atoms with Gasteiger partial charge in [-0.2, -0.15) is 13.2 Å². The highest BCUT2D eigenvalue weighted by Crippen LogP contribution is 2.68. The molecular weight excluding hydrogens is 509 g/mol. The molecule has 0 spiro atoms. The van der Waals surface area contributed by atoms with Crippen molar-refractivity contribution >= 4 is 29.7 Å². The van der Waals surface area contributed by atoms with Crippen molar-refractivity contribution in [2.75, 3.05) is 39.3 Å². The fourth-order valence-electron chi connectivity index (χ4n) is 6.45. The van der Waals surface area contributed by atoms with Crippen LogP contribution in [0.5, 0.6) is 0 Å². The second-order valence-corrected chi connectivity index (χ2v) is 12.0. The number of urea groups is 1. The van der Waals surface area contributed by atoms with Crippen LogP contribution in [0.25, 0.3) is 0 Å². The molecule has 38 heavy (non-hydrogen) atoms. The molecule has 0 bridgehead atoms. The first kappa shape index (κ1) is 28.2. The van der Waals surface area contributed by atoms with Crippen LogP contribution in [0.4, 0.5) is 18.0 Å². The number of likely N-dealkylation sites (tertiary alicyclic amines) is 2. The van der Waals surface area contributed by atoms with Gasteiger partial charge in [0.05, 0.1) is 5.92 Å². The zero-order valence-electron chi connectivity index (χ0n) is 22.1. The largest absolute Gasteiger partial charge is 0.480 e. The van der Waals surface area contributed by atoms with Gasteiger partial charge in [-0.15, -0.1) is 0 Å². The summed E-state index contributed by atoms with van der Waals surface area (Å²) in [6.45, 7) is 8.94. The van der Waals surface area contributed by atoms with Gasteiger partial charge in [0.2, 0.25) is 11.8 Å². The predicted molar refractivity (Wildman–Crippen MR) is 126 cm³/mol. The van der Waals surface area contributed by atoms with Crippen LogP contribution in [0.3, 0.4) is 0 Å². The van der Waals surface area contributed by atoms with Crippen molar-refractivity contribution in [2.45, 2.75) is 59.2 Å². The van der Waals surface area contributed by atoms with Gasteiger partial charge in [0.1, 0.15) is 0 Å². The number of carboxylic acids is 1. The lowest BCUT2D eigenvalue weighted by Gasteiger charge is -2.47. The summed E-state index contributed by atoms with van der Waals surface area (Å²) in [7, 11) is 0.